The first-order chi connectivity index (χ1) is 17.2. The lowest BCUT2D eigenvalue weighted by molar-refractivity contribution is -0.150. The van der Waals surface area contributed by atoms with Crippen LogP contribution in [0.1, 0.15) is 5.69 Å². The highest BCUT2D eigenvalue weighted by molar-refractivity contribution is 8.01. The number of hydrogen-bond donors (Lipinski definition) is 5. The molecule has 0 radical (unpaired) electrons. The summed E-state index contributed by atoms with van der Waals surface area (Å²) in [5, 5.41) is 27.8. The van der Waals surface area contributed by atoms with Crippen molar-refractivity contribution in [2.75, 3.05) is 29.7 Å². The lowest BCUT2D eigenvalue weighted by atomic mass is 10.0. The van der Waals surface area contributed by atoms with E-state index in [0.717, 1.165) is 32.8 Å². The molecule has 4 heterocycles. The minimum atomic E-state index is -1.29. The molecule has 2 aliphatic heterocycles. The lowest BCUT2D eigenvalue weighted by Crippen LogP contribution is -2.71. The van der Waals surface area contributed by atoms with Crippen LogP contribution in [-0.2, 0) is 24.0 Å². The predicted molar refractivity (Wildman–Crippen MR) is 127 cm³/mol. The maximum absolute atomic E-state index is 12.9. The topological polar surface area (TPSA) is 260 Å². The Balaban J connectivity index is 1.49. The first-order valence-corrected chi connectivity index (χ1v) is 12.7. The van der Waals surface area contributed by atoms with Gasteiger partial charge in [-0.25, -0.2) is 9.78 Å². The van der Waals surface area contributed by atoms with Crippen LogP contribution in [0.4, 0.5) is 5.13 Å². The van der Waals surface area contributed by atoms with Gasteiger partial charge in [-0.2, -0.15) is 0 Å². The Labute approximate surface area is 213 Å². The Bertz CT molecular complexity index is 1290. The number of anilines is 1. The summed E-state index contributed by atoms with van der Waals surface area (Å²) in [4.78, 5) is 59.6. The number of β-lactam (4-membered cyclic amide) rings is 1. The van der Waals surface area contributed by atoms with Gasteiger partial charge in [0, 0.05) is 16.9 Å². The Morgan fingerprint density at radius 2 is 2.17 bits per heavy atom. The number of oxime groups is 1. The molecule has 2 aromatic rings. The molecule has 36 heavy (non-hydrogen) atoms. The number of tetrazole rings is 1. The highest BCUT2D eigenvalue weighted by Gasteiger charge is 2.54. The zero-order valence-electron chi connectivity index (χ0n) is 17.9. The van der Waals surface area contributed by atoms with Crippen LogP contribution in [0.2, 0.25) is 0 Å². The number of nitrogens with zero attached hydrogens (tertiary/aromatic N) is 7. The van der Waals surface area contributed by atoms with Crippen molar-refractivity contribution >= 4 is 69.4 Å². The maximum Gasteiger partial charge on any atom is 0.352 e. The average Bonchev–Trinajstić information content (AvgIpc) is 3.45. The summed E-state index contributed by atoms with van der Waals surface area (Å²) in [6.45, 7) is -0.588. The molecule has 0 spiro atoms. The summed E-state index contributed by atoms with van der Waals surface area (Å²) in [6, 6.07) is -1.04. The van der Waals surface area contributed by atoms with E-state index in [1.165, 1.54) is 17.1 Å². The summed E-state index contributed by atoms with van der Waals surface area (Å²) in [6.07, 6.45) is 0. The number of rotatable bonds is 10. The van der Waals surface area contributed by atoms with Crippen LogP contribution in [0.25, 0.3) is 0 Å². The molecule has 0 aromatic carbocycles. The van der Waals surface area contributed by atoms with Crippen molar-refractivity contribution in [3.05, 3.63) is 22.3 Å². The van der Waals surface area contributed by atoms with E-state index in [0.29, 0.717) is 5.57 Å². The number of nitrogens with one attached hydrogen (secondary N) is 1. The van der Waals surface area contributed by atoms with Gasteiger partial charge >= 0.3 is 5.97 Å². The van der Waals surface area contributed by atoms with Gasteiger partial charge in [0.1, 0.15) is 22.8 Å². The number of carboxylic acids is 1. The van der Waals surface area contributed by atoms with Crippen molar-refractivity contribution in [1.82, 2.24) is 35.5 Å². The number of carbonyl (C=O) groups is 4. The van der Waals surface area contributed by atoms with Crippen molar-refractivity contribution in [2.45, 2.75) is 16.6 Å². The second kappa shape index (κ2) is 10.4. The van der Waals surface area contributed by atoms with Crippen LogP contribution >= 0.6 is 34.9 Å². The van der Waals surface area contributed by atoms with Gasteiger partial charge in [0.15, 0.2) is 17.5 Å². The number of aliphatic carboxylic acids is 1. The molecule has 0 saturated carbocycles. The number of carboxylic acid groups (broad SMARTS) is 1. The summed E-state index contributed by atoms with van der Waals surface area (Å²) in [5.74, 6) is 2.46. The predicted octanol–water partition coefficient (Wildman–Crippen LogP) is -2.84. The van der Waals surface area contributed by atoms with E-state index < -0.39 is 41.7 Å². The van der Waals surface area contributed by atoms with E-state index in [2.05, 4.69) is 31.0 Å². The van der Waals surface area contributed by atoms with Crippen molar-refractivity contribution in [2.24, 2.45) is 10.9 Å². The molecule has 3 amide bonds. The average molecular weight is 556 g/mol. The van der Waals surface area contributed by atoms with E-state index in [4.69, 9.17) is 22.1 Å². The van der Waals surface area contributed by atoms with Crippen molar-refractivity contribution in [3.8, 4) is 0 Å². The smallest absolute Gasteiger partial charge is 0.352 e. The molecular formula is C16H17N11O6S3. The highest BCUT2D eigenvalue weighted by atomic mass is 32.2. The highest BCUT2D eigenvalue weighted by Crippen LogP contribution is 2.41. The molecule has 2 atom stereocenters. The number of nitrogen functional groups attached to an aromatic ring is 2. The fourth-order valence-corrected chi connectivity index (χ4v) is 6.03. The number of hydrogen-bond acceptors (Lipinski definition) is 15. The van der Waals surface area contributed by atoms with Gasteiger partial charge < -0.3 is 32.6 Å². The second-order valence-corrected chi connectivity index (χ2v) is 10.0. The quantitative estimate of drug-likeness (QED) is 0.0650. The van der Waals surface area contributed by atoms with E-state index in [-0.39, 0.29) is 38.9 Å². The molecule has 0 aliphatic carbocycles. The van der Waals surface area contributed by atoms with Crippen LogP contribution in [0.15, 0.2) is 27.0 Å². The Morgan fingerprint density at radius 1 is 1.39 bits per heavy atom. The molecule has 8 N–H and O–H groups in total. The molecule has 2 aromatic heterocycles. The van der Waals surface area contributed by atoms with Gasteiger partial charge in [-0.1, -0.05) is 22.0 Å². The number of carbonyl (C=O) groups excluding carboxylic acids is 3. The van der Waals surface area contributed by atoms with Crippen LogP contribution in [0.5, 0.6) is 0 Å². The summed E-state index contributed by atoms with van der Waals surface area (Å²) in [5.41, 5.74) is 10.7. The molecule has 4 rings (SSSR count). The standard InChI is InChI=1S/C16H17N11O6S3/c17-7(28)1-33-23-8(6-4-35-15(18)20-6)11(29)21-9-12(30)26-10(14(31)32)5(2-34-13(9)26)3-36-16-22-24-25-27(16)19/h4,9,13H,1-3,19H2,(H2,17,28)(H2,18,20)(H,21,29)(H,31,32)/b23-8-/t9-,13+/m1/s1. The zero-order chi connectivity index (χ0) is 26.0. The maximum atomic E-state index is 12.9. The minimum Gasteiger partial charge on any atom is -0.477 e. The fourth-order valence-electron chi connectivity index (χ4n) is 3.20. The van der Waals surface area contributed by atoms with Crippen LogP contribution in [0.3, 0.4) is 0 Å². The number of amides is 3. The van der Waals surface area contributed by atoms with E-state index in [1.54, 1.807) is 0 Å². The van der Waals surface area contributed by atoms with Gasteiger partial charge in [-0.05, 0) is 16.0 Å². The molecule has 20 heteroatoms. The monoisotopic (exact) mass is 555 g/mol. The third-order valence-electron chi connectivity index (χ3n) is 4.72. The summed E-state index contributed by atoms with van der Waals surface area (Å²) >= 11 is 3.43. The van der Waals surface area contributed by atoms with Gasteiger partial charge in [-0.15, -0.1) is 27.9 Å². The molecule has 0 unspecified atom stereocenters. The Kier molecular flexibility index (Phi) is 7.26. The van der Waals surface area contributed by atoms with E-state index in [1.807, 2.05) is 0 Å². The van der Waals surface area contributed by atoms with Crippen molar-refractivity contribution < 1.29 is 29.1 Å². The second-order valence-electron chi connectivity index (χ2n) is 7.06. The van der Waals surface area contributed by atoms with Crippen molar-refractivity contribution in [1.29, 1.82) is 0 Å². The normalized spacial score (nSPS) is 19.5. The van der Waals surface area contributed by atoms with Gasteiger partial charge in [0.25, 0.3) is 17.7 Å². The van der Waals surface area contributed by atoms with Gasteiger partial charge in [-0.3, -0.25) is 19.3 Å². The first-order valence-electron chi connectivity index (χ1n) is 9.74. The van der Waals surface area contributed by atoms with E-state index >= 15 is 0 Å². The molecule has 17 nitrogen and oxygen atoms in total. The van der Waals surface area contributed by atoms with Gasteiger partial charge in [0.05, 0.1) is 0 Å². The molecule has 1 fully saturated rings. The largest absolute Gasteiger partial charge is 0.477 e. The number of thiazole rings is 1. The van der Waals surface area contributed by atoms with Gasteiger partial charge in [0.2, 0.25) is 5.16 Å². The minimum absolute atomic E-state index is 0.0621. The van der Waals surface area contributed by atoms with Crippen LogP contribution < -0.4 is 22.6 Å². The Hall–Kier alpha value is -3.91. The summed E-state index contributed by atoms with van der Waals surface area (Å²) in [7, 11) is 0. The summed E-state index contributed by atoms with van der Waals surface area (Å²) < 4.78 is 0. The fraction of sp³-hybridized carbons (Fsp3) is 0.312. The van der Waals surface area contributed by atoms with Crippen LogP contribution in [-0.4, -0.2) is 94.2 Å². The number of nitrogens with two attached hydrogens (primary N) is 3. The van der Waals surface area contributed by atoms with Crippen LogP contribution in [0, 0.1) is 0 Å². The number of fused-ring (bicyclic) bond motifs is 1. The van der Waals surface area contributed by atoms with E-state index in [9.17, 15) is 24.3 Å². The number of primary amides is 1. The third kappa shape index (κ3) is 5.04. The SMILES string of the molecule is NC(=O)CO/N=C(\C(=O)N[C@@H]1C(=O)N2C(C(=O)O)=C(CSc3nnnn3N)CS[C@@H]12)c1csc(N)n1. The molecule has 190 valence electrons. The molecule has 0 bridgehead atoms. The first kappa shape index (κ1) is 25.2. The number of thioether (sulfide) groups is 2. The molecule has 2 aliphatic rings. The molecule has 1 saturated heterocycles. The van der Waals surface area contributed by atoms with Crippen molar-refractivity contribution in [3.63, 3.8) is 0 Å². The zero-order valence-corrected chi connectivity index (χ0v) is 20.4. The molecular weight excluding hydrogens is 538 g/mol. The number of aromatic nitrogens is 5. The third-order valence-corrected chi connectivity index (χ3v) is 7.75. The Morgan fingerprint density at radius 3 is 2.78 bits per heavy atom. The lowest BCUT2D eigenvalue weighted by Gasteiger charge is -2.49.